The monoisotopic (exact) mass is 1100 g/mol. The Morgan fingerprint density at radius 3 is 2.36 bits per heavy atom. The van der Waals surface area contributed by atoms with Crippen LogP contribution in [0.4, 0.5) is 15.9 Å². The van der Waals surface area contributed by atoms with E-state index < -0.39 is 17.2 Å². The van der Waals surface area contributed by atoms with Gasteiger partial charge in [-0.15, -0.1) is 0 Å². The molecule has 81 heavy (non-hydrogen) atoms. The third-order valence-electron chi connectivity index (χ3n) is 15.2. The Balaban J connectivity index is 0.622. The zero-order chi connectivity index (χ0) is 56.0. The number of fused-ring (bicyclic) bond motifs is 3. The lowest BCUT2D eigenvalue weighted by molar-refractivity contribution is -0.137. The number of carbonyl (C=O) groups excluding carboxylic acids is 3. The first-order valence-electron chi connectivity index (χ1n) is 27.3. The number of benzene rings is 4. The highest BCUT2D eigenvalue weighted by Crippen LogP contribution is 2.49. The Bertz CT molecular complexity index is 3700. The molecular weight excluding hydrogens is 1040 g/mol. The molecule has 2 saturated heterocycles. The van der Waals surface area contributed by atoms with Crippen LogP contribution in [0.25, 0.3) is 49.6 Å². The second-order valence-electron chi connectivity index (χ2n) is 20.2. The molecule has 3 aliphatic heterocycles. The van der Waals surface area contributed by atoms with Crippen molar-refractivity contribution in [2.24, 2.45) is 0 Å². The number of halogens is 1. The van der Waals surface area contributed by atoms with Crippen LogP contribution >= 0.6 is 0 Å². The van der Waals surface area contributed by atoms with Gasteiger partial charge in [-0.1, -0.05) is 49.4 Å². The van der Waals surface area contributed by atoms with Crippen molar-refractivity contribution in [2.75, 3.05) is 83.0 Å². The average Bonchev–Trinajstić information content (AvgIpc) is 4.33. The molecule has 2 unspecified atom stereocenters. The molecule has 3 aliphatic rings. The van der Waals surface area contributed by atoms with E-state index in [0.29, 0.717) is 68.5 Å². The van der Waals surface area contributed by atoms with Gasteiger partial charge >= 0.3 is 0 Å². The van der Waals surface area contributed by atoms with Gasteiger partial charge < -0.3 is 54.8 Å². The van der Waals surface area contributed by atoms with Gasteiger partial charge in [-0.05, 0) is 90.4 Å². The number of aromatic hydroxyl groups is 1. The van der Waals surface area contributed by atoms with Crippen LogP contribution in [0.2, 0.25) is 0 Å². The van der Waals surface area contributed by atoms with Crippen molar-refractivity contribution in [1.82, 2.24) is 40.0 Å². The van der Waals surface area contributed by atoms with Gasteiger partial charge in [0, 0.05) is 98.6 Å². The molecule has 19 nitrogen and oxygen atoms in total. The highest BCUT2D eigenvalue weighted by Gasteiger charge is 2.35. The fraction of sp³-hybridized carbons (Fsp3) is 0.311. The van der Waals surface area contributed by atoms with Gasteiger partial charge in [0.05, 0.1) is 49.8 Å². The molecule has 4 aromatic carbocycles. The quantitative estimate of drug-likeness (QED) is 0.0504. The van der Waals surface area contributed by atoms with E-state index in [1.54, 1.807) is 70.8 Å². The van der Waals surface area contributed by atoms with Crippen LogP contribution in [0.3, 0.4) is 0 Å². The first-order valence-corrected chi connectivity index (χ1v) is 27.3. The van der Waals surface area contributed by atoms with E-state index >= 15 is 4.39 Å². The minimum absolute atomic E-state index is 0.0209. The molecule has 2 atom stereocenters. The Morgan fingerprint density at radius 2 is 1.59 bits per heavy atom. The number of aromatic nitrogens is 5. The summed E-state index contributed by atoms with van der Waals surface area (Å²) in [5.41, 5.74) is 12.1. The summed E-state index contributed by atoms with van der Waals surface area (Å²) in [6.45, 7) is 5.21. The number of nitrogen functional groups attached to an aromatic ring is 1. The van der Waals surface area contributed by atoms with E-state index in [4.69, 9.17) is 24.7 Å². The van der Waals surface area contributed by atoms with Crippen molar-refractivity contribution in [1.29, 1.82) is 0 Å². The molecule has 11 rings (SSSR count). The molecule has 3 amide bonds. The number of likely N-dealkylation sites (tertiary alicyclic amines) is 1. The minimum atomic E-state index is -0.630. The maximum Gasteiger partial charge on any atom is 0.269 e. The number of nitrogens with zero attached hydrogens (tertiary/aromatic N) is 7. The lowest BCUT2D eigenvalue weighted by Crippen LogP contribution is -2.40. The number of carbonyl (C=O) groups is 3. The van der Waals surface area contributed by atoms with Crippen molar-refractivity contribution in [3.05, 3.63) is 155 Å². The fourth-order valence-electron chi connectivity index (χ4n) is 11.2. The Labute approximate surface area is 465 Å². The summed E-state index contributed by atoms with van der Waals surface area (Å²) >= 11 is 0. The number of phenolic OH excluding ortho intramolecular Hbond substituents is 1. The number of hydrogen-bond donors (Lipinski definition) is 4. The molecule has 0 aliphatic carbocycles. The van der Waals surface area contributed by atoms with Crippen molar-refractivity contribution in [3.8, 4) is 45.2 Å². The normalized spacial score (nSPS) is 15.5. The molecule has 4 aromatic heterocycles. The third kappa shape index (κ3) is 11.5. The molecule has 0 radical (unpaired) electrons. The largest absolute Gasteiger partial charge is 0.508 e. The second kappa shape index (κ2) is 24.3. The number of rotatable bonds is 21. The van der Waals surface area contributed by atoms with E-state index in [1.807, 2.05) is 54.3 Å². The summed E-state index contributed by atoms with van der Waals surface area (Å²) in [7, 11) is 0. The Hall–Kier alpha value is -8.85. The summed E-state index contributed by atoms with van der Waals surface area (Å²) in [6, 6.07) is 23.0. The van der Waals surface area contributed by atoms with Crippen LogP contribution in [0, 0.1) is 5.82 Å². The maximum absolute atomic E-state index is 16.6. The number of amides is 3. The molecule has 5 N–H and O–H groups in total. The number of hydrogen-bond acceptors (Lipinski definition) is 15. The van der Waals surface area contributed by atoms with Crippen molar-refractivity contribution in [2.45, 2.75) is 51.0 Å². The molecule has 0 spiro atoms. The molecule has 8 aromatic rings. The highest BCUT2D eigenvalue weighted by atomic mass is 19.1. The number of nitrogens with one attached hydrogen (secondary N) is 2. The zero-order valence-electron chi connectivity index (χ0n) is 44.7. The number of phenols is 1. The van der Waals surface area contributed by atoms with Gasteiger partial charge in [0.1, 0.15) is 40.6 Å². The zero-order valence-corrected chi connectivity index (χ0v) is 44.7. The average molecular weight is 1100 g/mol. The fourth-order valence-corrected chi connectivity index (χ4v) is 11.2. The van der Waals surface area contributed by atoms with Crippen LogP contribution in [-0.2, 0) is 25.4 Å². The minimum Gasteiger partial charge on any atom is -0.508 e. The lowest BCUT2D eigenvalue weighted by atomic mass is 9.92. The number of anilines is 2. The third-order valence-corrected chi connectivity index (χ3v) is 15.2. The molecule has 416 valence electrons. The molecule has 0 bridgehead atoms. The summed E-state index contributed by atoms with van der Waals surface area (Å²) in [4.78, 5) is 75.7. The summed E-state index contributed by atoms with van der Waals surface area (Å²) in [5.74, 6) is -0.507. The first kappa shape index (κ1) is 54.1. The van der Waals surface area contributed by atoms with E-state index in [2.05, 4.69) is 30.6 Å². The van der Waals surface area contributed by atoms with E-state index in [9.17, 15) is 24.3 Å². The maximum atomic E-state index is 16.6. The predicted octanol–water partition coefficient (Wildman–Crippen LogP) is 7.74. The van der Waals surface area contributed by atoms with Gasteiger partial charge in [-0.2, -0.15) is 0 Å². The number of nitrogens with two attached hydrogens (primary N) is 1. The van der Waals surface area contributed by atoms with Crippen LogP contribution in [-0.4, -0.2) is 131 Å². The topological polar surface area (TPSA) is 238 Å². The highest BCUT2D eigenvalue weighted by molar-refractivity contribution is 6.02. The van der Waals surface area contributed by atoms with Crippen molar-refractivity contribution in [3.63, 3.8) is 0 Å². The van der Waals surface area contributed by atoms with Crippen molar-refractivity contribution < 1.29 is 42.8 Å². The summed E-state index contributed by atoms with van der Waals surface area (Å²) in [5, 5.41) is 17.4. The SMILES string of the molecule is CCc1c(-c2ccc(C(=O)NCCOCCOCCOCC(=O)N3CCCC3CCNC(=O)c3cn4c5c(c(N6CCC(c7cnccn7)C6)c(F)cc5c3=O)Oc3cc5ccccc5cc3-4)nc2)cnc(N)c1-c1ccc(O)cc1. The molecule has 2 fully saturated rings. The van der Waals surface area contributed by atoms with Crippen molar-refractivity contribution >= 4 is 50.9 Å². The summed E-state index contributed by atoms with van der Waals surface area (Å²) < 4.78 is 41.9. The Morgan fingerprint density at radius 1 is 0.827 bits per heavy atom. The van der Waals surface area contributed by atoms with E-state index in [-0.39, 0.29) is 97.1 Å². The number of pyridine rings is 3. The number of ether oxygens (including phenoxy) is 4. The van der Waals surface area contributed by atoms with Gasteiger partial charge in [0.25, 0.3) is 11.8 Å². The predicted molar refractivity (Wildman–Crippen MR) is 304 cm³/mol. The van der Waals surface area contributed by atoms with Gasteiger partial charge in [-0.3, -0.25) is 34.1 Å². The van der Waals surface area contributed by atoms with Gasteiger partial charge in [0.2, 0.25) is 11.3 Å². The molecule has 7 heterocycles. The van der Waals surface area contributed by atoms with Gasteiger partial charge in [-0.25, -0.2) is 9.37 Å². The van der Waals surface area contributed by atoms with Crippen LogP contribution in [0.15, 0.2) is 121 Å². The first-order chi connectivity index (χ1) is 39.5. The summed E-state index contributed by atoms with van der Waals surface area (Å²) in [6.07, 6.45) is 13.3. The van der Waals surface area contributed by atoms with Gasteiger partial charge in [0.15, 0.2) is 17.3 Å². The van der Waals surface area contributed by atoms with Crippen LogP contribution in [0.5, 0.6) is 17.2 Å². The van der Waals surface area contributed by atoms with E-state index in [0.717, 1.165) is 63.5 Å². The smallest absolute Gasteiger partial charge is 0.269 e. The van der Waals surface area contributed by atoms with E-state index in [1.165, 1.54) is 12.3 Å². The molecular formula is C61H61FN10O9. The van der Waals surface area contributed by atoms with Crippen LogP contribution < -0.4 is 31.4 Å². The molecule has 0 saturated carbocycles. The molecule has 20 heteroatoms. The lowest BCUT2D eigenvalue weighted by Gasteiger charge is -2.29. The standard InChI is InChI=1S/C61H61FN10O9/c1-2-44-46(32-69-59(63)54(44)37-9-12-43(73)13-10-37)40-11-14-49(68-31-40)61(77)67-20-23-78-24-25-79-26-27-80-36-53(74)71-21-5-8-42(71)15-17-66-60(76)47-35-72-51-28-38-6-3-4-7-39(38)29-52(51)81-58-55(72)45(57(47)75)30-48(62)56(58)70-22-16-41(34-70)50-33-64-18-19-65-50/h3-4,6-7,9-14,18-19,28-33,35,41-42,73H,2,5,8,15-17,20-27,34,36H2,1H3,(H2,63,69)(H,66,76)(H,67,77). The Kier molecular flexibility index (Phi) is 16.2. The second-order valence-corrected chi connectivity index (χ2v) is 20.2. The van der Waals surface area contributed by atoms with Crippen LogP contribution in [0.1, 0.15) is 70.6 Å².